The van der Waals surface area contributed by atoms with Crippen molar-refractivity contribution in [2.24, 2.45) is 11.1 Å². The molecule has 0 spiro atoms. The van der Waals surface area contributed by atoms with Crippen molar-refractivity contribution in [3.63, 3.8) is 0 Å². The minimum atomic E-state index is -0.918. The average molecular weight is 433 g/mol. The fraction of sp³-hybridized carbons (Fsp3) is 0.458. The Balaban J connectivity index is 0.00000320. The molecule has 5 nitrogen and oxygen atoms in total. The van der Waals surface area contributed by atoms with Gasteiger partial charge in [0.15, 0.2) is 0 Å². The van der Waals surface area contributed by atoms with Gasteiger partial charge in [-0.25, -0.2) is 0 Å². The van der Waals surface area contributed by atoms with E-state index in [-0.39, 0.29) is 30.5 Å². The molecule has 3 unspecified atom stereocenters. The van der Waals surface area contributed by atoms with Crippen LogP contribution in [0.3, 0.4) is 0 Å². The van der Waals surface area contributed by atoms with E-state index in [0.29, 0.717) is 13.0 Å². The fourth-order valence-corrected chi connectivity index (χ4v) is 4.06. The lowest BCUT2D eigenvalue weighted by atomic mass is 9.54. The van der Waals surface area contributed by atoms with Crippen molar-refractivity contribution in [1.82, 2.24) is 5.32 Å². The molecule has 1 aliphatic rings. The zero-order valence-corrected chi connectivity index (χ0v) is 19.2. The largest absolute Gasteiger partial charge is 0.496 e. The second-order valence-corrected chi connectivity index (χ2v) is 8.36. The van der Waals surface area contributed by atoms with Crippen molar-refractivity contribution in [1.29, 1.82) is 0 Å². The Kier molecular flexibility index (Phi) is 7.56. The molecule has 0 aliphatic heterocycles. The summed E-state index contributed by atoms with van der Waals surface area (Å²) in [6, 6.07) is 15.9. The minimum absolute atomic E-state index is 0. The van der Waals surface area contributed by atoms with Gasteiger partial charge in [-0.3, -0.25) is 4.79 Å². The molecule has 2 aromatic rings. The lowest BCUT2D eigenvalue weighted by molar-refractivity contribution is -0.171. The van der Waals surface area contributed by atoms with Crippen LogP contribution in [0.4, 0.5) is 0 Å². The van der Waals surface area contributed by atoms with Crippen LogP contribution in [0.15, 0.2) is 48.5 Å². The van der Waals surface area contributed by atoms with E-state index in [2.05, 4.69) is 5.32 Å². The van der Waals surface area contributed by atoms with E-state index in [9.17, 15) is 4.79 Å². The van der Waals surface area contributed by atoms with Crippen LogP contribution in [0.2, 0.25) is 0 Å². The van der Waals surface area contributed by atoms with Gasteiger partial charge in [0.25, 0.3) is 0 Å². The smallest absolute Gasteiger partial charge is 0.241 e. The first-order chi connectivity index (χ1) is 13.7. The standard InChI is InChI=1S/C24H32N2O3.ClH/c1-6-29-21-15-24(25,23(21,3)4)22(27)26-16(2)17-11-13-18(14-12-17)19-9-7-8-10-20(19)28-5;/h7-14,16,21H,6,15,25H2,1-5H3,(H,26,27);1H. The summed E-state index contributed by atoms with van der Waals surface area (Å²) in [5.41, 5.74) is 8.31. The average Bonchev–Trinajstić information content (AvgIpc) is 2.73. The van der Waals surface area contributed by atoms with Gasteiger partial charge in [0.1, 0.15) is 11.3 Å². The number of nitrogens with two attached hydrogens (primary N) is 1. The zero-order valence-electron chi connectivity index (χ0n) is 18.4. The van der Waals surface area contributed by atoms with Gasteiger partial charge >= 0.3 is 0 Å². The molecule has 3 N–H and O–H groups in total. The highest BCUT2D eigenvalue weighted by atomic mass is 35.5. The number of methoxy groups -OCH3 is 1. The van der Waals surface area contributed by atoms with Gasteiger partial charge in [-0.2, -0.15) is 0 Å². The number of halogens is 1. The number of ether oxygens (including phenoxy) is 2. The molecule has 164 valence electrons. The summed E-state index contributed by atoms with van der Waals surface area (Å²) in [6.07, 6.45) is 0.553. The van der Waals surface area contributed by atoms with E-state index < -0.39 is 11.0 Å². The molecule has 0 aromatic heterocycles. The molecule has 0 bridgehead atoms. The van der Waals surface area contributed by atoms with E-state index in [1.807, 2.05) is 76.2 Å². The molecule has 30 heavy (non-hydrogen) atoms. The van der Waals surface area contributed by atoms with Crippen LogP contribution in [0.5, 0.6) is 5.75 Å². The van der Waals surface area contributed by atoms with Crippen molar-refractivity contribution in [2.75, 3.05) is 13.7 Å². The number of para-hydroxylation sites is 1. The second-order valence-electron chi connectivity index (χ2n) is 8.36. The third kappa shape index (κ3) is 4.20. The van der Waals surface area contributed by atoms with Gasteiger partial charge in [-0.05, 0) is 31.0 Å². The molecule has 1 fully saturated rings. The second kappa shape index (κ2) is 9.38. The summed E-state index contributed by atoms with van der Waals surface area (Å²) in [5.74, 6) is 0.711. The Labute approximate surface area is 185 Å². The highest BCUT2D eigenvalue weighted by molar-refractivity contribution is 5.89. The predicted molar refractivity (Wildman–Crippen MR) is 123 cm³/mol. The van der Waals surface area contributed by atoms with Crippen LogP contribution in [0.25, 0.3) is 11.1 Å². The van der Waals surface area contributed by atoms with Crippen LogP contribution in [-0.2, 0) is 9.53 Å². The summed E-state index contributed by atoms with van der Waals surface area (Å²) >= 11 is 0. The molecular formula is C24H33ClN2O3. The van der Waals surface area contributed by atoms with Crippen molar-refractivity contribution in [3.8, 4) is 16.9 Å². The van der Waals surface area contributed by atoms with Crippen molar-refractivity contribution in [2.45, 2.75) is 51.8 Å². The van der Waals surface area contributed by atoms with E-state index in [4.69, 9.17) is 15.2 Å². The first-order valence-corrected chi connectivity index (χ1v) is 10.2. The van der Waals surface area contributed by atoms with Crippen molar-refractivity contribution >= 4 is 18.3 Å². The quantitative estimate of drug-likeness (QED) is 0.675. The maximum absolute atomic E-state index is 13.0. The first kappa shape index (κ1) is 24.2. The van der Waals surface area contributed by atoms with Gasteiger partial charge in [0, 0.05) is 24.0 Å². The normalized spacial score (nSPS) is 22.9. The highest BCUT2D eigenvalue weighted by Gasteiger charge is 2.62. The fourth-order valence-electron chi connectivity index (χ4n) is 4.06. The summed E-state index contributed by atoms with van der Waals surface area (Å²) in [6.45, 7) is 8.57. The van der Waals surface area contributed by atoms with Crippen LogP contribution >= 0.6 is 12.4 Å². The van der Waals surface area contributed by atoms with Crippen LogP contribution in [-0.4, -0.2) is 31.3 Å². The zero-order chi connectivity index (χ0) is 21.2. The number of hydrogen-bond acceptors (Lipinski definition) is 4. The maximum Gasteiger partial charge on any atom is 0.241 e. The van der Waals surface area contributed by atoms with Crippen molar-refractivity contribution < 1.29 is 14.3 Å². The SMILES string of the molecule is CCOC1CC(N)(C(=O)NC(C)c2ccc(-c3ccccc3OC)cc2)C1(C)C.Cl. The maximum atomic E-state index is 13.0. The van der Waals surface area contributed by atoms with Gasteiger partial charge < -0.3 is 20.5 Å². The lowest BCUT2D eigenvalue weighted by Gasteiger charge is -2.57. The van der Waals surface area contributed by atoms with E-state index >= 15 is 0 Å². The molecular weight excluding hydrogens is 400 g/mol. The summed E-state index contributed by atoms with van der Waals surface area (Å²) in [4.78, 5) is 13.0. The Bertz CT molecular complexity index is 869. The summed E-state index contributed by atoms with van der Waals surface area (Å²) in [7, 11) is 1.67. The number of hydrogen-bond donors (Lipinski definition) is 2. The molecule has 1 aliphatic carbocycles. The molecule has 6 heteroatoms. The Hall–Kier alpha value is -2.08. The third-order valence-electron chi connectivity index (χ3n) is 6.41. The Morgan fingerprint density at radius 3 is 2.40 bits per heavy atom. The number of rotatable bonds is 7. The predicted octanol–water partition coefficient (Wildman–Crippen LogP) is 4.49. The van der Waals surface area contributed by atoms with E-state index in [1.165, 1.54) is 0 Å². The molecule has 1 amide bonds. The van der Waals surface area contributed by atoms with E-state index in [0.717, 1.165) is 22.4 Å². The Morgan fingerprint density at radius 1 is 1.20 bits per heavy atom. The van der Waals surface area contributed by atoms with Crippen LogP contribution in [0.1, 0.15) is 45.7 Å². The van der Waals surface area contributed by atoms with Gasteiger partial charge in [0.05, 0.1) is 19.3 Å². The molecule has 0 heterocycles. The van der Waals surface area contributed by atoms with Crippen molar-refractivity contribution in [3.05, 3.63) is 54.1 Å². The molecule has 1 saturated carbocycles. The van der Waals surface area contributed by atoms with Crippen LogP contribution < -0.4 is 15.8 Å². The number of carbonyl (C=O) groups excluding carboxylic acids is 1. The molecule has 2 aromatic carbocycles. The first-order valence-electron chi connectivity index (χ1n) is 10.2. The molecule has 0 saturated heterocycles. The van der Waals surface area contributed by atoms with Gasteiger partial charge in [-0.15, -0.1) is 12.4 Å². The van der Waals surface area contributed by atoms with E-state index in [1.54, 1.807) is 7.11 Å². The number of amides is 1. The lowest BCUT2D eigenvalue weighted by Crippen LogP contribution is -2.75. The molecule has 3 atom stereocenters. The third-order valence-corrected chi connectivity index (χ3v) is 6.41. The summed E-state index contributed by atoms with van der Waals surface area (Å²) < 4.78 is 11.2. The Morgan fingerprint density at radius 2 is 1.83 bits per heavy atom. The molecule has 0 radical (unpaired) electrons. The van der Waals surface area contributed by atoms with Crippen LogP contribution in [0, 0.1) is 5.41 Å². The number of carbonyl (C=O) groups is 1. The monoisotopic (exact) mass is 432 g/mol. The molecule has 3 rings (SSSR count). The minimum Gasteiger partial charge on any atom is -0.496 e. The highest BCUT2D eigenvalue weighted by Crippen LogP contribution is 2.50. The topological polar surface area (TPSA) is 73.6 Å². The van der Waals surface area contributed by atoms with Gasteiger partial charge in [-0.1, -0.05) is 56.3 Å². The number of nitrogens with one attached hydrogen (secondary N) is 1. The van der Waals surface area contributed by atoms with Gasteiger partial charge in [0.2, 0.25) is 5.91 Å². The number of benzene rings is 2. The summed E-state index contributed by atoms with van der Waals surface area (Å²) in [5, 5.41) is 3.09.